The first-order valence-corrected chi connectivity index (χ1v) is 5.06. The Morgan fingerprint density at radius 1 is 0.529 bits per heavy atom. The molecule has 2 nitrogen and oxygen atoms in total. The average molecular weight is 309 g/mol. The van der Waals surface area contributed by atoms with E-state index in [1.165, 1.54) is 0 Å². The molecule has 0 N–H and O–H groups in total. The number of benzene rings is 2. The van der Waals surface area contributed by atoms with Crippen molar-refractivity contribution in [3.05, 3.63) is 70.8 Å². The Balaban J connectivity index is 0.00000108. The van der Waals surface area contributed by atoms with Crippen LogP contribution in [0.2, 0.25) is 0 Å². The number of hydrogen-bond acceptors (Lipinski definition) is 2. The average Bonchev–Trinajstić information content (AvgIpc) is 2.36. The summed E-state index contributed by atoms with van der Waals surface area (Å²) in [4.78, 5) is 24.2. The molecule has 2 aromatic rings. The van der Waals surface area contributed by atoms with Crippen LogP contribution in [-0.4, -0.2) is 11.6 Å². The van der Waals surface area contributed by atoms with E-state index in [-0.39, 0.29) is 31.0 Å². The SMILES string of the molecule is O=C1c2ccccc2C(=O)c2ccccc21.[Ru]. The van der Waals surface area contributed by atoms with E-state index in [0.29, 0.717) is 22.3 Å². The zero-order valence-corrected chi connectivity index (χ0v) is 10.5. The molecule has 0 bridgehead atoms. The van der Waals surface area contributed by atoms with Crippen LogP contribution >= 0.6 is 0 Å². The second-order valence-corrected chi connectivity index (χ2v) is 3.75. The number of carbonyl (C=O) groups excluding carboxylic acids is 2. The molecule has 17 heavy (non-hydrogen) atoms. The van der Waals surface area contributed by atoms with Gasteiger partial charge >= 0.3 is 0 Å². The molecule has 0 radical (unpaired) electrons. The fourth-order valence-corrected chi connectivity index (χ4v) is 2.05. The van der Waals surface area contributed by atoms with Gasteiger partial charge in [-0.1, -0.05) is 48.5 Å². The van der Waals surface area contributed by atoms with Gasteiger partial charge in [0.2, 0.25) is 0 Å². The van der Waals surface area contributed by atoms with Crippen LogP contribution in [0.4, 0.5) is 0 Å². The fourth-order valence-electron chi connectivity index (χ4n) is 2.05. The fraction of sp³-hybridized carbons (Fsp3) is 0. The van der Waals surface area contributed by atoms with Gasteiger partial charge in [-0.25, -0.2) is 0 Å². The first kappa shape index (κ1) is 11.9. The summed E-state index contributed by atoms with van der Waals surface area (Å²) in [7, 11) is 0. The van der Waals surface area contributed by atoms with E-state index >= 15 is 0 Å². The normalized spacial score (nSPS) is 12.5. The van der Waals surface area contributed by atoms with E-state index in [1.807, 2.05) is 0 Å². The van der Waals surface area contributed by atoms with Crippen molar-refractivity contribution in [1.29, 1.82) is 0 Å². The van der Waals surface area contributed by atoms with Crippen molar-refractivity contribution in [2.24, 2.45) is 0 Å². The maximum absolute atomic E-state index is 12.1. The van der Waals surface area contributed by atoms with Crippen molar-refractivity contribution in [3.8, 4) is 0 Å². The van der Waals surface area contributed by atoms with Crippen molar-refractivity contribution in [3.63, 3.8) is 0 Å². The topological polar surface area (TPSA) is 34.1 Å². The summed E-state index contributed by atoms with van der Waals surface area (Å²) in [5.74, 6) is -0.128. The molecular weight excluding hydrogens is 301 g/mol. The molecule has 3 rings (SSSR count). The van der Waals surface area contributed by atoms with Gasteiger partial charge in [0.05, 0.1) is 0 Å². The van der Waals surface area contributed by atoms with E-state index in [2.05, 4.69) is 0 Å². The summed E-state index contributed by atoms with van der Waals surface area (Å²) >= 11 is 0. The Labute approximate surface area is 111 Å². The molecule has 0 spiro atoms. The van der Waals surface area contributed by atoms with Crippen LogP contribution in [-0.2, 0) is 19.5 Å². The third-order valence-electron chi connectivity index (χ3n) is 2.83. The van der Waals surface area contributed by atoms with Crippen molar-refractivity contribution in [2.45, 2.75) is 0 Å². The minimum atomic E-state index is -0.0641. The van der Waals surface area contributed by atoms with Gasteiger partial charge in [-0.15, -0.1) is 0 Å². The predicted octanol–water partition coefficient (Wildman–Crippen LogP) is 2.46. The molecule has 2 aromatic carbocycles. The zero-order valence-electron chi connectivity index (χ0n) is 8.79. The van der Waals surface area contributed by atoms with Gasteiger partial charge in [-0.3, -0.25) is 9.59 Å². The number of ketones is 2. The van der Waals surface area contributed by atoms with E-state index in [4.69, 9.17) is 0 Å². The van der Waals surface area contributed by atoms with Gasteiger partial charge < -0.3 is 0 Å². The van der Waals surface area contributed by atoms with Gasteiger partial charge in [0.1, 0.15) is 0 Å². The van der Waals surface area contributed by atoms with Crippen LogP contribution < -0.4 is 0 Å². The molecule has 0 amide bonds. The molecule has 0 saturated heterocycles. The minimum Gasteiger partial charge on any atom is -0.289 e. The smallest absolute Gasteiger partial charge is 0.194 e. The molecule has 0 heterocycles. The molecular formula is C14H8O2Ru. The van der Waals surface area contributed by atoms with E-state index in [1.54, 1.807) is 48.5 Å². The maximum Gasteiger partial charge on any atom is 0.194 e. The van der Waals surface area contributed by atoms with E-state index < -0.39 is 0 Å². The second kappa shape index (κ2) is 4.35. The molecule has 0 aromatic heterocycles. The van der Waals surface area contributed by atoms with Gasteiger partial charge in [-0.2, -0.15) is 0 Å². The summed E-state index contributed by atoms with van der Waals surface area (Å²) in [5.41, 5.74) is 2.02. The predicted molar refractivity (Wildman–Crippen MR) is 59.7 cm³/mol. The Hall–Kier alpha value is -1.60. The Morgan fingerprint density at radius 3 is 1.00 bits per heavy atom. The first-order chi connectivity index (χ1) is 7.79. The molecule has 0 aliphatic heterocycles. The van der Waals surface area contributed by atoms with E-state index in [0.717, 1.165) is 0 Å². The molecule has 3 heteroatoms. The quantitative estimate of drug-likeness (QED) is 0.598. The standard InChI is InChI=1S/C14H8O2.Ru/c15-13-9-5-1-2-6-10(9)14(16)12-8-4-3-7-11(12)13;/h1-8H;. The zero-order chi connectivity index (χ0) is 11.1. The van der Waals surface area contributed by atoms with Crippen LogP contribution in [0.3, 0.4) is 0 Å². The molecule has 0 unspecified atom stereocenters. The summed E-state index contributed by atoms with van der Waals surface area (Å²) in [6.07, 6.45) is 0. The third kappa shape index (κ3) is 1.67. The first-order valence-electron chi connectivity index (χ1n) is 5.06. The van der Waals surface area contributed by atoms with Crippen molar-refractivity contribution >= 4 is 11.6 Å². The van der Waals surface area contributed by atoms with Crippen LogP contribution in [0.15, 0.2) is 48.5 Å². The number of fused-ring (bicyclic) bond motifs is 2. The van der Waals surface area contributed by atoms with Crippen LogP contribution in [0.1, 0.15) is 31.8 Å². The molecule has 0 fully saturated rings. The monoisotopic (exact) mass is 310 g/mol. The summed E-state index contributed by atoms with van der Waals surface area (Å²) < 4.78 is 0. The number of carbonyl (C=O) groups is 2. The Bertz CT molecular complexity index is 512. The van der Waals surface area contributed by atoms with Crippen LogP contribution in [0, 0.1) is 0 Å². The molecule has 1 aliphatic rings. The van der Waals surface area contributed by atoms with Crippen molar-refractivity contribution in [1.82, 2.24) is 0 Å². The minimum absolute atomic E-state index is 0. The Kier molecular flexibility index (Phi) is 3.04. The number of rotatable bonds is 0. The second-order valence-electron chi connectivity index (χ2n) is 3.75. The number of hydrogen-bond donors (Lipinski definition) is 0. The molecule has 0 atom stereocenters. The maximum atomic E-state index is 12.1. The van der Waals surface area contributed by atoms with Gasteiger partial charge in [0.15, 0.2) is 11.6 Å². The van der Waals surface area contributed by atoms with Gasteiger partial charge in [0, 0.05) is 41.7 Å². The third-order valence-corrected chi connectivity index (χ3v) is 2.83. The molecule has 84 valence electrons. The largest absolute Gasteiger partial charge is 0.289 e. The molecule has 1 aliphatic carbocycles. The van der Waals surface area contributed by atoms with Crippen molar-refractivity contribution in [2.75, 3.05) is 0 Å². The van der Waals surface area contributed by atoms with Gasteiger partial charge in [0.25, 0.3) is 0 Å². The van der Waals surface area contributed by atoms with Crippen LogP contribution in [0.5, 0.6) is 0 Å². The van der Waals surface area contributed by atoms with Gasteiger partial charge in [-0.05, 0) is 0 Å². The van der Waals surface area contributed by atoms with Crippen molar-refractivity contribution < 1.29 is 29.1 Å². The summed E-state index contributed by atoms with van der Waals surface area (Å²) in [6, 6.07) is 13.9. The molecule has 0 saturated carbocycles. The summed E-state index contributed by atoms with van der Waals surface area (Å²) in [6.45, 7) is 0. The summed E-state index contributed by atoms with van der Waals surface area (Å²) in [5, 5.41) is 0. The Morgan fingerprint density at radius 2 is 0.765 bits per heavy atom. The van der Waals surface area contributed by atoms with E-state index in [9.17, 15) is 9.59 Å². The van der Waals surface area contributed by atoms with Crippen LogP contribution in [0.25, 0.3) is 0 Å².